The summed E-state index contributed by atoms with van der Waals surface area (Å²) < 4.78 is 0. The maximum Gasteiger partial charge on any atom is 0.225 e. The van der Waals surface area contributed by atoms with Gasteiger partial charge in [-0.25, -0.2) is 4.98 Å². The van der Waals surface area contributed by atoms with Crippen molar-refractivity contribution in [2.75, 3.05) is 23.7 Å². The molecule has 1 aromatic heterocycles. The number of hydrogen-bond acceptors (Lipinski definition) is 4. The first-order valence-corrected chi connectivity index (χ1v) is 8.11. The molecule has 2 N–H and O–H groups in total. The minimum absolute atomic E-state index is 0.556. The third kappa shape index (κ3) is 5.02. The average Bonchev–Trinajstić information content (AvgIpc) is 2.54. The highest BCUT2D eigenvalue weighted by Crippen LogP contribution is 2.21. The van der Waals surface area contributed by atoms with Gasteiger partial charge in [-0.05, 0) is 12.3 Å². The molecule has 0 spiro atoms. The average molecular weight is 298 g/mol. The van der Waals surface area contributed by atoms with E-state index in [4.69, 9.17) is 0 Å². The third-order valence-corrected chi connectivity index (χ3v) is 3.30. The summed E-state index contributed by atoms with van der Waals surface area (Å²) in [5.74, 6) is 2.13. The van der Waals surface area contributed by atoms with Gasteiger partial charge in [-0.3, -0.25) is 0 Å². The molecule has 0 aliphatic carbocycles. The number of hydrogen-bond donors (Lipinski definition) is 2. The van der Waals surface area contributed by atoms with Crippen molar-refractivity contribution >= 4 is 11.8 Å². The standard InChI is InChI=1S/C18H26N4/c1-4-5-11-19-17-12-16(15-9-7-6-8-10-15)21-18(22-17)20-13-14(2)3/h6-10,12,14H,4-5,11,13H2,1-3H3,(H2,19,20,21,22). The summed E-state index contributed by atoms with van der Waals surface area (Å²) in [4.78, 5) is 9.21. The largest absolute Gasteiger partial charge is 0.370 e. The van der Waals surface area contributed by atoms with Crippen molar-refractivity contribution in [1.82, 2.24) is 9.97 Å². The number of nitrogens with zero attached hydrogens (tertiary/aromatic N) is 2. The molecule has 0 aliphatic heterocycles. The van der Waals surface area contributed by atoms with Crippen molar-refractivity contribution in [3.05, 3.63) is 36.4 Å². The second-order valence-electron chi connectivity index (χ2n) is 5.88. The van der Waals surface area contributed by atoms with Gasteiger partial charge in [0.15, 0.2) is 0 Å². The highest BCUT2D eigenvalue weighted by molar-refractivity contribution is 5.64. The zero-order valence-electron chi connectivity index (χ0n) is 13.8. The fourth-order valence-corrected chi connectivity index (χ4v) is 2.06. The van der Waals surface area contributed by atoms with Gasteiger partial charge in [0.2, 0.25) is 5.95 Å². The van der Waals surface area contributed by atoms with Crippen LogP contribution in [-0.2, 0) is 0 Å². The lowest BCUT2D eigenvalue weighted by Gasteiger charge is -2.12. The number of nitrogens with one attached hydrogen (secondary N) is 2. The van der Waals surface area contributed by atoms with Crippen LogP contribution < -0.4 is 10.6 Å². The van der Waals surface area contributed by atoms with E-state index >= 15 is 0 Å². The Balaban J connectivity index is 2.23. The van der Waals surface area contributed by atoms with Crippen LogP contribution in [0.1, 0.15) is 33.6 Å². The molecule has 4 nitrogen and oxygen atoms in total. The molecule has 0 radical (unpaired) electrons. The van der Waals surface area contributed by atoms with Crippen molar-refractivity contribution < 1.29 is 0 Å². The fourth-order valence-electron chi connectivity index (χ4n) is 2.06. The van der Waals surface area contributed by atoms with E-state index < -0.39 is 0 Å². The second kappa shape index (κ2) is 8.37. The van der Waals surface area contributed by atoms with E-state index in [1.54, 1.807) is 0 Å². The minimum Gasteiger partial charge on any atom is -0.370 e. The molecule has 118 valence electrons. The van der Waals surface area contributed by atoms with Crippen molar-refractivity contribution in [3.63, 3.8) is 0 Å². The van der Waals surface area contributed by atoms with Gasteiger partial charge in [-0.1, -0.05) is 57.5 Å². The second-order valence-corrected chi connectivity index (χ2v) is 5.88. The fraction of sp³-hybridized carbons (Fsp3) is 0.444. The van der Waals surface area contributed by atoms with Crippen LogP contribution in [0.3, 0.4) is 0 Å². The van der Waals surface area contributed by atoms with Crippen LogP contribution in [0.25, 0.3) is 11.3 Å². The number of rotatable bonds is 8. The number of benzene rings is 1. The van der Waals surface area contributed by atoms with Gasteiger partial charge in [0.25, 0.3) is 0 Å². The Morgan fingerprint density at radius 2 is 1.82 bits per heavy atom. The number of aromatic nitrogens is 2. The molecular formula is C18H26N4. The highest BCUT2D eigenvalue weighted by Gasteiger charge is 2.07. The first-order valence-electron chi connectivity index (χ1n) is 8.11. The van der Waals surface area contributed by atoms with E-state index in [0.29, 0.717) is 11.9 Å². The molecular weight excluding hydrogens is 272 g/mol. The van der Waals surface area contributed by atoms with Gasteiger partial charge in [0, 0.05) is 24.7 Å². The van der Waals surface area contributed by atoms with Gasteiger partial charge in [0.05, 0.1) is 5.69 Å². The lowest BCUT2D eigenvalue weighted by atomic mass is 10.1. The molecule has 0 fully saturated rings. The van der Waals surface area contributed by atoms with Crippen LogP contribution in [0.15, 0.2) is 36.4 Å². The normalized spacial score (nSPS) is 10.7. The highest BCUT2D eigenvalue weighted by atomic mass is 15.1. The Bertz CT molecular complexity index is 567. The van der Waals surface area contributed by atoms with E-state index in [-0.39, 0.29) is 0 Å². The van der Waals surface area contributed by atoms with Gasteiger partial charge >= 0.3 is 0 Å². The van der Waals surface area contributed by atoms with Crippen LogP contribution >= 0.6 is 0 Å². The molecule has 4 heteroatoms. The smallest absolute Gasteiger partial charge is 0.225 e. The Hall–Kier alpha value is -2.10. The summed E-state index contributed by atoms with van der Waals surface area (Å²) in [6, 6.07) is 12.2. The molecule has 0 atom stereocenters. The van der Waals surface area contributed by atoms with Crippen LogP contribution in [0.4, 0.5) is 11.8 Å². The maximum absolute atomic E-state index is 4.64. The summed E-state index contributed by atoms with van der Waals surface area (Å²) in [5, 5.41) is 6.72. The molecule has 1 heterocycles. The Labute approximate surface area is 133 Å². The first kappa shape index (κ1) is 16.3. The van der Waals surface area contributed by atoms with E-state index in [9.17, 15) is 0 Å². The van der Waals surface area contributed by atoms with E-state index in [2.05, 4.69) is 53.5 Å². The Morgan fingerprint density at radius 3 is 2.50 bits per heavy atom. The van der Waals surface area contributed by atoms with Crippen LogP contribution in [0, 0.1) is 5.92 Å². The van der Waals surface area contributed by atoms with Crippen LogP contribution in [-0.4, -0.2) is 23.1 Å². The predicted octanol–water partition coefficient (Wildman–Crippen LogP) is 4.42. The predicted molar refractivity (Wildman–Crippen MR) is 94.2 cm³/mol. The van der Waals surface area contributed by atoms with E-state index in [1.165, 1.54) is 6.42 Å². The quantitative estimate of drug-likeness (QED) is 0.708. The first-order chi connectivity index (χ1) is 10.7. The summed E-state index contributed by atoms with van der Waals surface area (Å²) in [7, 11) is 0. The topological polar surface area (TPSA) is 49.8 Å². The summed E-state index contributed by atoms with van der Waals surface area (Å²) in [5.41, 5.74) is 2.05. The lowest BCUT2D eigenvalue weighted by Crippen LogP contribution is -2.12. The minimum atomic E-state index is 0.556. The van der Waals surface area contributed by atoms with Crippen molar-refractivity contribution in [2.24, 2.45) is 5.92 Å². The zero-order valence-corrected chi connectivity index (χ0v) is 13.8. The SMILES string of the molecule is CCCCNc1cc(-c2ccccc2)nc(NCC(C)C)n1. The van der Waals surface area contributed by atoms with Crippen molar-refractivity contribution in [1.29, 1.82) is 0 Å². The summed E-state index contributed by atoms with van der Waals surface area (Å²) >= 11 is 0. The summed E-state index contributed by atoms with van der Waals surface area (Å²) in [6.07, 6.45) is 2.31. The Kier molecular flexibility index (Phi) is 6.19. The molecule has 22 heavy (non-hydrogen) atoms. The maximum atomic E-state index is 4.64. The van der Waals surface area contributed by atoms with Crippen molar-refractivity contribution in [3.8, 4) is 11.3 Å². The van der Waals surface area contributed by atoms with Gasteiger partial charge < -0.3 is 10.6 Å². The van der Waals surface area contributed by atoms with Gasteiger partial charge in [-0.2, -0.15) is 4.98 Å². The van der Waals surface area contributed by atoms with E-state index in [1.807, 2.05) is 24.3 Å². The monoisotopic (exact) mass is 298 g/mol. The van der Waals surface area contributed by atoms with Gasteiger partial charge in [-0.15, -0.1) is 0 Å². The number of anilines is 2. The lowest BCUT2D eigenvalue weighted by molar-refractivity contribution is 0.684. The third-order valence-electron chi connectivity index (χ3n) is 3.30. The molecule has 0 amide bonds. The zero-order chi connectivity index (χ0) is 15.8. The molecule has 2 rings (SSSR count). The van der Waals surface area contributed by atoms with E-state index in [0.717, 1.165) is 36.6 Å². The van der Waals surface area contributed by atoms with Crippen LogP contribution in [0.2, 0.25) is 0 Å². The Morgan fingerprint density at radius 1 is 1.05 bits per heavy atom. The van der Waals surface area contributed by atoms with Gasteiger partial charge in [0.1, 0.15) is 5.82 Å². The molecule has 0 unspecified atom stereocenters. The van der Waals surface area contributed by atoms with Crippen molar-refractivity contribution in [2.45, 2.75) is 33.6 Å². The summed E-state index contributed by atoms with van der Waals surface area (Å²) in [6.45, 7) is 8.34. The molecule has 0 aliphatic rings. The molecule has 0 saturated carbocycles. The molecule has 1 aromatic carbocycles. The molecule has 2 aromatic rings. The molecule has 0 bridgehead atoms. The van der Waals surface area contributed by atoms with Crippen LogP contribution in [0.5, 0.6) is 0 Å². The number of unbranched alkanes of at least 4 members (excludes halogenated alkanes) is 1. The molecule has 0 saturated heterocycles.